The molecule has 0 fully saturated rings. The van der Waals surface area contributed by atoms with E-state index in [4.69, 9.17) is 5.02 Å². The maximum atomic E-state index is 10.3. The van der Waals surface area contributed by atoms with Gasteiger partial charge in [-0.05, 0) is 19.0 Å². The van der Waals surface area contributed by atoms with Crippen LogP contribution in [0.25, 0.3) is 0 Å². The van der Waals surface area contributed by atoms with Gasteiger partial charge in [0.1, 0.15) is 12.1 Å². The number of anilines is 1. The Hall–Kier alpha value is -1.36. The molecule has 1 rings (SSSR count). The average molecular weight is 164 g/mol. The lowest BCUT2D eigenvalue weighted by Crippen LogP contribution is -2.20. The Bertz CT molecular complexity index is 278. The molecule has 1 heterocycles. The van der Waals surface area contributed by atoms with Gasteiger partial charge in [0.2, 0.25) is 0 Å². The van der Waals surface area contributed by atoms with Crippen molar-refractivity contribution in [2.45, 2.75) is 6.82 Å². The fourth-order valence-corrected chi connectivity index (χ4v) is 0.813. The summed E-state index contributed by atoms with van der Waals surface area (Å²) in [5, 5.41) is 11.6. The molecule has 5 heteroatoms. The fourth-order valence-electron chi connectivity index (χ4n) is 0.813. The Morgan fingerprint density at radius 1 is 1.75 bits per heavy atom. The molecule has 0 aromatic carbocycles. The van der Waals surface area contributed by atoms with Gasteiger partial charge in [0.05, 0.1) is 0 Å². The van der Waals surface area contributed by atoms with Crippen LogP contribution in [0.5, 0.6) is 0 Å². The number of hydrogen-bond acceptors (Lipinski definition) is 4. The average Bonchev–Trinajstić information content (AvgIpc) is 2.03. The van der Waals surface area contributed by atoms with Crippen LogP contribution in [0.15, 0.2) is 18.3 Å². The second-order valence-corrected chi connectivity index (χ2v) is 2.41. The van der Waals surface area contributed by atoms with Crippen molar-refractivity contribution in [2.75, 3.05) is 5.23 Å². The molecule has 1 aromatic rings. The van der Waals surface area contributed by atoms with Crippen molar-refractivity contribution in [3.05, 3.63) is 23.9 Å². The normalized spacial score (nSPS) is 9.17. The van der Waals surface area contributed by atoms with Crippen LogP contribution in [0.4, 0.5) is 5.82 Å². The summed E-state index contributed by atoms with van der Waals surface area (Å²) in [6, 6.07) is 3.17. The topological polar surface area (TPSA) is 62.2 Å². The zero-order valence-corrected chi connectivity index (χ0v) is 6.69. The van der Waals surface area contributed by atoms with Crippen molar-refractivity contribution in [1.29, 1.82) is 0 Å². The molecule has 0 bridgehead atoms. The number of nitrogens with one attached hydrogen (secondary N) is 1. The molecule has 1 aromatic heterocycles. The van der Waals surface area contributed by atoms with E-state index in [1.807, 2.05) is 0 Å². The maximum absolute atomic E-state index is 10.3. The number of carbonyl (C=O) groups is 1. The van der Waals surface area contributed by atoms with Crippen molar-refractivity contribution in [3.8, 4) is 0 Å². The van der Waals surface area contributed by atoms with Gasteiger partial charge in [-0.2, -0.15) is 0 Å². The summed E-state index contributed by atoms with van der Waals surface area (Å²) in [6.07, 6.45) is 2.24. The fraction of sp³-hybridized carbons (Fsp3) is 0.143. The lowest BCUT2D eigenvalue weighted by molar-refractivity contribution is 0.112. The lowest BCUT2D eigenvalue weighted by atomic mass is 9.89. The first-order chi connectivity index (χ1) is 5.72. The van der Waals surface area contributed by atoms with Crippen LogP contribution in [0.3, 0.4) is 0 Å². The smallest absolute Gasteiger partial charge is 0.408 e. The molecule has 12 heavy (non-hydrogen) atoms. The Labute approximate surface area is 70.8 Å². The third-order valence-electron chi connectivity index (χ3n) is 1.28. The second kappa shape index (κ2) is 3.87. The molecule has 0 amide bonds. The molecule has 0 unspecified atom stereocenters. The highest BCUT2D eigenvalue weighted by molar-refractivity contribution is 6.52. The quantitative estimate of drug-likeness (QED) is 0.501. The minimum atomic E-state index is -0.667. The van der Waals surface area contributed by atoms with Gasteiger partial charge in [0, 0.05) is 11.8 Å². The number of aromatic nitrogens is 1. The van der Waals surface area contributed by atoms with E-state index in [9.17, 15) is 4.79 Å². The van der Waals surface area contributed by atoms with Crippen LogP contribution in [0.2, 0.25) is 6.82 Å². The second-order valence-electron chi connectivity index (χ2n) is 2.41. The molecule has 0 atom stereocenters. The largest absolute Gasteiger partial charge is 0.433 e. The summed E-state index contributed by atoms with van der Waals surface area (Å²) in [5.74, 6) is 0.495. The standard InChI is InChI=1S/C7H9BN2O2/c1-8(12)10-7-4-6(5-11)2-3-9-7/h2-5,12H,1H3,(H,9,10). The zero-order valence-electron chi connectivity index (χ0n) is 6.69. The van der Waals surface area contributed by atoms with Gasteiger partial charge in [-0.1, -0.05) is 0 Å². The number of pyridine rings is 1. The summed E-state index contributed by atoms with van der Waals surface area (Å²) in [4.78, 5) is 14.2. The van der Waals surface area contributed by atoms with Gasteiger partial charge in [0.15, 0.2) is 0 Å². The zero-order chi connectivity index (χ0) is 8.97. The molecular formula is C7H9BN2O2. The summed E-state index contributed by atoms with van der Waals surface area (Å²) < 4.78 is 0. The van der Waals surface area contributed by atoms with Crippen molar-refractivity contribution < 1.29 is 9.82 Å². The van der Waals surface area contributed by atoms with Crippen LogP contribution < -0.4 is 5.23 Å². The number of carbonyl (C=O) groups excluding carboxylic acids is 1. The Morgan fingerprint density at radius 2 is 2.50 bits per heavy atom. The first kappa shape index (κ1) is 8.74. The van der Waals surface area contributed by atoms with E-state index in [0.29, 0.717) is 11.4 Å². The van der Waals surface area contributed by atoms with E-state index in [-0.39, 0.29) is 0 Å². The van der Waals surface area contributed by atoms with Crippen LogP contribution in [-0.4, -0.2) is 23.3 Å². The van der Waals surface area contributed by atoms with Gasteiger partial charge >= 0.3 is 7.05 Å². The molecule has 2 N–H and O–H groups in total. The van der Waals surface area contributed by atoms with Crippen molar-refractivity contribution in [1.82, 2.24) is 4.98 Å². The third kappa shape index (κ3) is 2.36. The van der Waals surface area contributed by atoms with E-state index < -0.39 is 7.05 Å². The Morgan fingerprint density at radius 3 is 3.08 bits per heavy atom. The molecule has 0 aliphatic rings. The molecule has 0 saturated carbocycles. The lowest BCUT2D eigenvalue weighted by Gasteiger charge is -2.03. The van der Waals surface area contributed by atoms with Gasteiger partial charge in [-0.3, -0.25) is 4.79 Å². The van der Waals surface area contributed by atoms with Gasteiger partial charge in [-0.25, -0.2) is 4.98 Å². The van der Waals surface area contributed by atoms with Crippen LogP contribution in [0.1, 0.15) is 10.4 Å². The summed E-state index contributed by atoms with van der Waals surface area (Å²) in [6.45, 7) is 1.58. The summed E-state index contributed by atoms with van der Waals surface area (Å²) in [5.41, 5.74) is 0.535. The molecule has 0 radical (unpaired) electrons. The van der Waals surface area contributed by atoms with Crippen molar-refractivity contribution >= 4 is 19.2 Å². The molecule has 62 valence electrons. The minimum Gasteiger partial charge on any atom is -0.433 e. The number of rotatable bonds is 3. The van der Waals surface area contributed by atoms with Gasteiger partial charge in [0.25, 0.3) is 0 Å². The molecule has 0 spiro atoms. The van der Waals surface area contributed by atoms with E-state index in [1.54, 1.807) is 19.0 Å². The predicted octanol–water partition coefficient (Wildman–Crippen LogP) is 0.416. The number of aldehydes is 1. The van der Waals surface area contributed by atoms with E-state index in [2.05, 4.69) is 10.2 Å². The first-order valence-electron chi connectivity index (χ1n) is 3.58. The van der Waals surface area contributed by atoms with E-state index in [1.165, 1.54) is 6.20 Å². The van der Waals surface area contributed by atoms with Crippen molar-refractivity contribution in [3.63, 3.8) is 0 Å². The number of nitrogens with zero attached hydrogens (tertiary/aromatic N) is 1. The van der Waals surface area contributed by atoms with Crippen LogP contribution >= 0.6 is 0 Å². The van der Waals surface area contributed by atoms with Gasteiger partial charge < -0.3 is 10.3 Å². The first-order valence-corrected chi connectivity index (χ1v) is 3.58. The molecule has 0 saturated heterocycles. The number of hydrogen-bond donors (Lipinski definition) is 2. The third-order valence-corrected chi connectivity index (χ3v) is 1.28. The molecule has 0 aliphatic heterocycles. The molecule has 4 nitrogen and oxygen atoms in total. The SMILES string of the molecule is CB(O)Nc1cc(C=O)ccn1. The van der Waals surface area contributed by atoms with Crippen molar-refractivity contribution in [2.24, 2.45) is 0 Å². The highest BCUT2D eigenvalue weighted by Crippen LogP contribution is 2.04. The highest BCUT2D eigenvalue weighted by atomic mass is 16.2. The summed E-state index contributed by atoms with van der Waals surface area (Å²) >= 11 is 0. The van der Waals surface area contributed by atoms with Gasteiger partial charge in [-0.15, -0.1) is 0 Å². The predicted molar refractivity (Wildman–Crippen MR) is 47.1 cm³/mol. The molecule has 0 aliphatic carbocycles. The summed E-state index contributed by atoms with van der Waals surface area (Å²) in [7, 11) is -0.667. The van der Waals surface area contributed by atoms with Crippen LogP contribution in [-0.2, 0) is 0 Å². The van der Waals surface area contributed by atoms with E-state index >= 15 is 0 Å². The highest BCUT2D eigenvalue weighted by Gasteiger charge is 2.03. The molecular weight excluding hydrogens is 155 g/mol. The Kier molecular flexibility index (Phi) is 2.82. The van der Waals surface area contributed by atoms with E-state index in [0.717, 1.165) is 6.29 Å². The minimum absolute atomic E-state index is 0.495. The van der Waals surface area contributed by atoms with Crippen LogP contribution in [0, 0.1) is 0 Å². The monoisotopic (exact) mass is 164 g/mol. The Balaban J connectivity index is 2.79. The maximum Gasteiger partial charge on any atom is 0.408 e.